The molecule has 13 nitrogen and oxygen atoms in total. The number of aliphatic hydroxyl groups is 1. The zero-order valence-corrected chi connectivity index (χ0v) is 29.8. The second kappa shape index (κ2) is 19.7. The van der Waals surface area contributed by atoms with Gasteiger partial charge in [0, 0.05) is 37.8 Å². The molecule has 2 heterocycles. The third-order valence-corrected chi connectivity index (χ3v) is 8.85. The highest BCUT2D eigenvalue weighted by atomic mass is 32.2. The number of carbonyl (C=O) groups excluding carboxylic acids is 4. The van der Waals surface area contributed by atoms with Gasteiger partial charge in [-0.15, -0.1) is 0 Å². The fraction of sp³-hybridized carbons (Fsp3) is 0.781. The van der Waals surface area contributed by atoms with E-state index in [4.69, 9.17) is 4.74 Å². The van der Waals surface area contributed by atoms with Crippen LogP contribution in [0.3, 0.4) is 0 Å². The molecule has 0 aliphatic carbocycles. The van der Waals surface area contributed by atoms with Gasteiger partial charge in [0.05, 0.1) is 17.8 Å². The van der Waals surface area contributed by atoms with E-state index in [0.29, 0.717) is 38.1 Å². The maximum Gasteiger partial charge on any atom is 0.409 e. The third kappa shape index (κ3) is 13.1. The predicted molar refractivity (Wildman–Crippen MR) is 180 cm³/mol. The Balaban J connectivity index is 2.02. The Hall–Kier alpha value is -2.84. The number of thioether (sulfide) groups is 1. The van der Waals surface area contributed by atoms with Crippen LogP contribution in [0.15, 0.2) is 6.07 Å². The Bertz CT molecular complexity index is 1120. The minimum absolute atomic E-state index is 0.0711. The molecule has 1 aromatic rings. The van der Waals surface area contributed by atoms with Gasteiger partial charge in [-0.3, -0.25) is 14.4 Å². The predicted octanol–water partition coefficient (Wildman–Crippen LogP) is 2.28. The fourth-order valence-electron chi connectivity index (χ4n) is 5.46. The summed E-state index contributed by atoms with van der Waals surface area (Å²) < 4.78 is 6.89. The molecule has 2 rings (SSSR count). The molecule has 1 aromatic heterocycles. The topological polar surface area (TPSA) is 158 Å². The van der Waals surface area contributed by atoms with Crippen molar-refractivity contribution in [3.8, 4) is 0 Å². The molecule has 46 heavy (non-hydrogen) atoms. The minimum atomic E-state index is -1.02. The van der Waals surface area contributed by atoms with Gasteiger partial charge in [0.25, 0.3) is 0 Å². The van der Waals surface area contributed by atoms with Crippen LogP contribution in [0.25, 0.3) is 0 Å². The van der Waals surface area contributed by atoms with Crippen molar-refractivity contribution in [3.05, 3.63) is 17.5 Å². The highest BCUT2D eigenvalue weighted by Gasteiger charge is 2.32. The monoisotopic (exact) mass is 667 g/mol. The van der Waals surface area contributed by atoms with Crippen molar-refractivity contribution in [3.63, 3.8) is 0 Å². The molecule has 0 spiro atoms. The summed E-state index contributed by atoms with van der Waals surface area (Å²) >= 11 is 1.55. The fourth-order valence-corrected chi connectivity index (χ4v) is 5.93. The summed E-state index contributed by atoms with van der Waals surface area (Å²) in [5.41, 5.74) is 1.65. The third-order valence-electron chi connectivity index (χ3n) is 8.21. The summed E-state index contributed by atoms with van der Waals surface area (Å²) in [4.78, 5) is 56.5. The first-order valence-corrected chi connectivity index (χ1v) is 17.8. The Labute approximate surface area is 278 Å². The van der Waals surface area contributed by atoms with Crippen LogP contribution < -0.4 is 16.0 Å². The smallest absolute Gasteiger partial charge is 0.409 e. The van der Waals surface area contributed by atoms with E-state index in [-0.39, 0.29) is 30.9 Å². The highest BCUT2D eigenvalue weighted by Crippen LogP contribution is 2.17. The number of carbonyl (C=O) groups is 4. The van der Waals surface area contributed by atoms with Crippen molar-refractivity contribution in [2.75, 3.05) is 45.2 Å². The first-order valence-electron chi connectivity index (χ1n) is 16.4. The zero-order chi connectivity index (χ0) is 34.4. The number of likely N-dealkylation sites (N-methyl/N-ethyl adjacent to an activating group) is 1. The molecular formula is C32H57N7O6S. The molecule has 5 atom stereocenters. The van der Waals surface area contributed by atoms with Crippen LogP contribution in [-0.2, 0) is 25.9 Å². The lowest BCUT2D eigenvalue weighted by atomic mass is 9.92. The molecule has 0 unspecified atom stereocenters. The summed E-state index contributed by atoms with van der Waals surface area (Å²) in [6.07, 6.45) is 2.36. The molecule has 0 radical (unpaired) electrons. The molecule has 1 aliphatic heterocycles. The lowest BCUT2D eigenvalue weighted by molar-refractivity contribution is -0.139. The SMILES string of the molecule is CCC[C@H](NC(=O)[C@H](C)C[C@H](O)[C@H](CC(C)C)NC(=O)[C@H](CCSC)NC(=O)OCn1nc(C)cc1C)C(=O)N1CCN(C)CC1. The number of aryl methyl sites for hydroxylation is 2. The van der Waals surface area contributed by atoms with Gasteiger partial charge in [-0.1, -0.05) is 34.1 Å². The number of aromatic nitrogens is 2. The van der Waals surface area contributed by atoms with E-state index >= 15 is 0 Å². The molecule has 4 N–H and O–H groups in total. The van der Waals surface area contributed by atoms with Crippen LogP contribution in [0.1, 0.15) is 71.2 Å². The quantitative estimate of drug-likeness (QED) is 0.184. The first kappa shape index (κ1) is 39.3. The molecule has 0 aromatic carbocycles. The lowest BCUT2D eigenvalue weighted by Crippen LogP contribution is -2.55. The minimum Gasteiger partial charge on any atom is -0.426 e. The van der Waals surface area contributed by atoms with Crippen molar-refractivity contribution in [1.29, 1.82) is 0 Å². The molecule has 4 amide bonds. The van der Waals surface area contributed by atoms with Crippen molar-refractivity contribution in [2.24, 2.45) is 11.8 Å². The van der Waals surface area contributed by atoms with Gasteiger partial charge in [-0.25, -0.2) is 9.48 Å². The van der Waals surface area contributed by atoms with Crippen LogP contribution in [0.4, 0.5) is 4.79 Å². The maximum atomic E-state index is 13.5. The first-order chi connectivity index (χ1) is 21.7. The highest BCUT2D eigenvalue weighted by molar-refractivity contribution is 7.98. The van der Waals surface area contributed by atoms with Gasteiger partial charge in [0.2, 0.25) is 17.7 Å². The van der Waals surface area contributed by atoms with Crippen LogP contribution in [-0.4, -0.2) is 118 Å². The number of rotatable bonds is 18. The number of hydrogen-bond acceptors (Lipinski definition) is 9. The van der Waals surface area contributed by atoms with Gasteiger partial charge in [0.15, 0.2) is 6.73 Å². The second-order valence-electron chi connectivity index (χ2n) is 12.9. The maximum absolute atomic E-state index is 13.5. The van der Waals surface area contributed by atoms with Crippen LogP contribution >= 0.6 is 11.8 Å². The average Bonchev–Trinajstić information content (AvgIpc) is 3.33. The number of piperazine rings is 1. The zero-order valence-electron chi connectivity index (χ0n) is 29.0. The molecule has 1 fully saturated rings. The number of aliphatic hydroxyl groups excluding tert-OH is 1. The second-order valence-corrected chi connectivity index (χ2v) is 13.9. The Kier molecular flexibility index (Phi) is 16.9. The molecule has 0 bridgehead atoms. The van der Waals surface area contributed by atoms with E-state index in [0.717, 1.165) is 30.9 Å². The van der Waals surface area contributed by atoms with Gasteiger partial charge >= 0.3 is 6.09 Å². The summed E-state index contributed by atoms with van der Waals surface area (Å²) in [5, 5.41) is 24.1. The van der Waals surface area contributed by atoms with Crippen LogP contribution in [0, 0.1) is 25.7 Å². The standard InChI is InChI=1S/C32H57N7O6S/c1-9-10-26(31(43)38-14-12-37(7)13-15-38)33-29(41)22(4)18-28(40)27(17-21(2)3)34-30(42)25(11-16-46-8)35-32(44)45-20-39-24(6)19-23(5)36-39/h19,21-22,25-28,40H,9-18,20H2,1-8H3,(H,33,41)(H,34,42)(H,35,44)/t22-,25+,26+,27+,28+/m1/s1. The molecule has 1 aliphatic rings. The molecule has 14 heteroatoms. The summed E-state index contributed by atoms with van der Waals surface area (Å²) in [7, 11) is 2.02. The number of alkyl carbamates (subject to hydrolysis) is 1. The molecular weight excluding hydrogens is 610 g/mol. The number of hydrogen-bond donors (Lipinski definition) is 4. The van der Waals surface area contributed by atoms with E-state index in [2.05, 4.69) is 25.9 Å². The summed E-state index contributed by atoms with van der Waals surface area (Å²) in [6, 6.07) is -0.266. The average molecular weight is 668 g/mol. The normalized spacial score (nSPS) is 17.1. The van der Waals surface area contributed by atoms with Gasteiger partial charge < -0.3 is 35.6 Å². The van der Waals surface area contributed by atoms with Gasteiger partial charge in [-0.2, -0.15) is 16.9 Å². The van der Waals surface area contributed by atoms with E-state index in [1.807, 2.05) is 58.9 Å². The molecule has 0 saturated carbocycles. The van der Waals surface area contributed by atoms with E-state index in [1.165, 1.54) is 0 Å². The van der Waals surface area contributed by atoms with E-state index in [1.54, 1.807) is 23.4 Å². The molecule has 1 saturated heterocycles. The Morgan fingerprint density at radius 3 is 2.22 bits per heavy atom. The largest absolute Gasteiger partial charge is 0.426 e. The van der Waals surface area contributed by atoms with Crippen molar-refractivity contribution >= 4 is 35.6 Å². The Morgan fingerprint density at radius 1 is 0.978 bits per heavy atom. The Morgan fingerprint density at radius 2 is 1.65 bits per heavy atom. The van der Waals surface area contributed by atoms with Crippen molar-refractivity contribution in [2.45, 2.75) is 105 Å². The summed E-state index contributed by atoms with van der Waals surface area (Å²) in [6.45, 7) is 14.1. The van der Waals surface area contributed by atoms with Crippen LogP contribution in [0.2, 0.25) is 0 Å². The number of amides is 4. The van der Waals surface area contributed by atoms with Crippen molar-refractivity contribution < 1.29 is 29.0 Å². The lowest BCUT2D eigenvalue weighted by Gasteiger charge is -2.35. The number of nitrogens with zero attached hydrogens (tertiary/aromatic N) is 4. The van der Waals surface area contributed by atoms with Crippen LogP contribution in [0.5, 0.6) is 0 Å². The van der Waals surface area contributed by atoms with E-state index < -0.39 is 42.1 Å². The number of ether oxygens (including phenoxy) is 1. The van der Waals surface area contributed by atoms with Crippen molar-refractivity contribution in [1.82, 2.24) is 35.5 Å². The van der Waals surface area contributed by atoms with Gasteiger partial charge in [-0.05, 0) is 70.6 Å². The van der Waals surface area contributed by atoms with E-state index in [9.17, 15) is 24.3 Å². The van der Waals surface area contributed by atoms with Gasteiger partial charge in [0.1, 0.15) is 12.1 Å². The number of nitrogens with one attached hydrogen (secondary N) is 3. The molecule has 262 valence electrons. The summed E-state index contributed by atoms with van der Waals surface area (Å²) in [5.74, 6) is -0.646.